The monoisotopic (exact) mass is 415 g/mol. The molecule has 3 rings (SSSR count). The molecule has 1 aliphatic heterocycles. The molecule has 1 fully saturated rings. The summed E-state index contributed by atoms with van der Waals surface area (Å²) in [6.45, 7) is 9.00. The lowest BCUT2D eigenvalue weighted by molar-refractivity contribution is -0.139. The Labute approximate surface area is 179 Å². The van der Waals surface area contributed by atoms with Crippen molar-refractivity contribution >= 4 is 29.1 Å². The first-order valence-corrected chi connectivity index (χ1v) is 11.8. The molecule has 5 heteroatoms. The van der Waals surface area contributed by atoms with Crippen molar-refractivity contribution in [1.29, 1.82) is 0 Å². The molecule has 2 aliphatic rings. The number of imide groups is 1. The average molecular weight is 416 g/mol. The van der Waals surface area contributed by atoms with E-state index in [1.54, 1.807) is 4.90 Å². The SMILES string of the molecule is CC(C)COc1ccc(C2=C(SC(C)C)C(=O)N(C3CCCCCC3)C2=O)cc1. The van der Waals surface area contributed by atoms with Crippen LogP contribution in [0.1, 0.15) is 71.8 Å². The summed E-state index contributed by atoms with van der Waals surface area (Å²) >= 11 is 1.50. The van der Waals surface area contributed by atoms with E-state index in [4.69, 9.17) is 4.74 Å². The number of ether oxygens (including phenoxy) is 1. The maximum absolute atomic E-state index is 13.4. The molecule has 1 aromatic rings. The van der Waals surface area contributed by atoms with Gasteiger partial charge in [0.15, 0.2) is 0 Å². The Morgan fingerprint density at radius 3 is 2.14 bits per heavy atom. The van der Waals surface area contributed by atoms with Crippen molar-refractivity contribution < 1.29 is 14.3 Å². The standard InChI is InChI=1S/C24H33NO3S/c1-16(2)15-28-20-13-11-18(12-14-20)21-22(29-17(3)4)24(27)25(23(21)26)19-9-7-5-6-8-10-19/h11-14,16-17,19H,5-10,15H2,1-4H3. The topological polar surface area (TPSA) is 46.6 Å². The largest absolute Gasteiger partial charge is 0.493 e. The third-order valence-corrected chi connectivity index (χ3v) is 6.43. The molecule has 1 aromatic carbocycles. The normalized spacial score (nSPS) is 18.9. The van der Waals surface area contributed by atoms with Crippen LogP contribution in [0.15, 0.2) is 29.2 Å². The van der Waals surface area contributed by atoms with Gasteiger partial charge in [0.25, 0.3) is 11.8 Å². The number of benzene rings is 1. The van der Waals surface area contributed by atoms with Gasteiger partial charge >= 0.3 is 0 Å². The van der Waals surface area contributed by atoms with E-state index in [0.29, 0.717) is 23.0 Å². The van der Waals surface area contributed by atoms with E-state index < -0.39 is 0 Å². The van der Waals surface area contributed by atoms with Gasteiger partial charge in [0.05, 0.1) is 17.1 Å². The summed E-state index contributed by atoms with van der Waals surface area (Å²) in [6, 6.07) is 7.65. The van der Waals surface area contributed by atoms with Crippen molar-refractivity contribution in [3.8, 4) is 5.75 Å². The highest BCUT2D eigenvalue weighted by atomic mass is 32.2. The molecule has 29 heavy (non-hydrogen) atoms. The van der Waals surface area contributed by atoms with Crippen LogP contribution in [-0.4, -0.2) is 34.6 Å². The predicted molar refractivity (Wildman–Crippen MR) is 120 cm³/mol. The van der Waals surface area contributed by atoms with Crippen molar-refractivity contribution in [2.75, 3.05) is 6.61 Å². The van der Waals surface area contributed by atoms with Crippen LogP contribution in [0.3, 0.4) is 0 Å². The second-order valence-electron chi connectivity index (χ2n) is 8.73. The first-order chi connectivity index (χ1) is 13.9. The lowest BCUT2D eigenvalue weighted by Gasteiger charge is -2.25. The highest BCUT2D eigenvalue weighted by molar-refractivity contribution is 8.04. The van der Waals surface area contributed by atoms with Gasteiger partial charge in [-0.15, -0.1) is 11.8 Å². The molecule has 1 aliphatic carbocycles. The van der Waals surface area contributed by atoms with Gasteiger partial charge in [-0.2, -0.15) is 0 Å². The van der Waals surface area contributed by atoms with Crippen LogP contribution in [0.5, 0.6) is 5.75 Å². The second kappa shape index (κ2) is 9.84. The fourth-order valence-electron chi connectivity index (χ4n) is 3.95. The zero-order valence-electron chi connectivity index (χ0n) is 18.1. The van der Waals surface area contributed by atoms with E-state index in [0.717, 1.165) is 37.0 Å². The van der Waals surface area contributed by atoms with E-state index in [2.05, 4.69) is 27.7 Å². The van der Waals surface area contributed by atoms with Crippen LogP contribution in [-0.2, 0) is 9.59 Å². The first kappa shape index (κ1) is 21.9. The Balaban J connectivity index is 1.89. The summed E-state index contributed by atoms with van der Waals surface area (Å²) in [5.41, 5.74) is 1.37. The number of carbonyl (C=O) groups excluding carboxylic acids is 2. The number of hydrogen-bond donors (Lipinski definition) is 0. The van der Waals surface area contributed by atoms with Gasteiger partial charge in [-0.3, -0.25) is 14.5 Å². The molecular formula is C24H33NO3S. The van der Waals surface area contributed by atoms with Gasteiger partial charge in [0.1, 0.15) is 5.75 Å². The van der Waals surface area contributed by atoms with Crippen LogP contribution in [0, 0.1) is 5.92 Å². The van der Waals surface area contributed by atoms with Crippen LogP contribution >= 0.6 is 11.8 Å². The number of carbonyl (C=O) groups is 2. The molecule has 0 radical (unpaired) electrons. The van der Waals surface area contributed by atoms with Gasteiger partial charge < -0.3 is 4.74 Å². The van der Waals surface area contributed by atoms with Crippen molar-refractivity contribution in [1.82, 2.24) is 4.90 Å². The smallest absolute Gasteiger partial charge is 0.268 e. The minimum atomic E-state index is -0.124. The second-order valence-corrected chi connectivity index (χ2v) is 10.3. The summed E-state index contributed by atoms with van der Waals surface area (Å²) in [6.07, 6.45) is 6.41. The van der Waals surface area contributed by atoms with E-state index in [1.165, 1.54) is 24.6 Å². The first-order valence-electron chi connectivity index (χ1n) is 10.9. The Kier molecular flexibility index (Phi) is 7.44. The highest BCUT2D eigenvalue weighted by Crippen LogP contribution is 2.40. The Morgan fingerprint density at radius 2 is 1.59 bits per heavy atom. The number of thioether (sulfide) groups is 1. The van der Waals surface area contributed by atoms with Crippen molar-refractivity contribution in [3.05, 3.63) is 34.7 Å². The quantitative estimate of drug-likeness (QED) is 0.425. The number of hydrogen-bond acceptors (Lipinski definition) is 4. The summed E-state index contributed by atoms with van der Waals surface area (Å²) in [4.78, 5) is 28.9. The molecular weight excluding hydrogens is 382 g/mol. The summed E-state index contributed by atoms with van der Waals surface area (Å²) in [5.74, 6) is 1.02. The molecule has 2 amide bonds. The van der Waals surface area contributed by atoms with Gasteiger partial charge in [-0.25, -0.2) is 0 Å². The summed E-state index contributed by atoms with van der Waals surface area (Å²) in [7, 11) is 0. The Hall–Kier alpha value is -1.75. The van der Waals surface area contributed by atoms with Crippen LogP contribution in [0.2, 0.25) is 0 Å². The highest BCUT2D eigenvalue weighted by Gasteiger charge is 2.43. The third-order valence-electron chi connectivity index (χ3n) is 5.34. The zero-order chi connectivity index (χ0) is 21.0. The molecule has 0 spiro atoms. The average Bonchev–Trinajstić information content (AvgIpc) is 2.86. The molecule has 0 N–H and O–H groups in total. The van der Waals surface area contributed by atoms with E-state index in [-0.39, 0.29) is 23.1 Å². The summed E-state index contributed by atoms with van der Waals surface area (Å²) < 4.78 is 5.77. The predicted octanol–water partition coefficient (Wildman–Crippen LogP) is 5.67. The number of nitrogens with zero attached hydrogens (tertiary/aromatic N) is 1. The van der Waals surface area contributed by atoms with E-state index in [9.17, 15) is 9.59 Å². The maximum atomic E-state index is 13.4. The van der Waals surface area contributed by atoms with E-state index >= 15 is 0 Å². The van der Waals surface area contributed by atoms with Crippen LogP contribution in [0.25, 0.3) is 5.57 Å². The molecule has 0 bridgehead atoms. The van der Waals surface area contributed by atoms with Crippen molar-refractivity contribution in [2.24, 2.45) is 5.92 Å². The van der Waals surface area contributed by atoms with Gasteiger partial charge in [0, 0.05) is 11.3 Å². The van der Waals surface area contributed by atoms with Crippen LogP contribution in [0.4, 0.5) is 0 Å². The van der Waals surface area contributed by atoms with Crippen molar-refractivity contribution in [2.45, 2.75) is 77.5 Å². The molecule has 1 saturated carbocycles. The fourth-order valence-corrected chi connectivity index (χ4v) is 4.95. The molecule has 0 aromatic heterocycles. The molecule has 1 heterocycles. The van der Waals surface area contributed by atoms with Gasteiger partial charge in [-0.1, -0.05) is 65.5 Å². The maximum Gasteiger partial charge on any atom is 0.268 e. The third kappa shape index (κ3) is 5.25. The Bertz CT molecular complexity index is 759. The minimum Gasteiger partial charge on any atom is -0.493 e. The minimum absolute atomic E-state index is 0.0337. The number of rotatable bonds is 7. The molecule has 158 valence electrons. The lowest BCUT2D eigenvalue weighted by Crippen LogP contribution is -2.40. The fraction of sp³-hybridized carbons (Fsp3) is 0.583. The van der Waals surface area contributed by atoms with Gasteiger partial charge in [-0.05, 0) is 36.5 Å². The molecule has 0 saturated heterocycles. The zero-order valence-corrected chi connectivity index (χ0v) is 18.9. The molecule has 0 unspecified atom stereocenters. The van der Waals surface area contributed by atoms with Gasteiger partial charge in [0.2, 0.25) is 0 Å². The number of amides is 2. The lowest BCUT2D eigenvalue weighted by atomic mass is 10.0. The molecule has 0 atom stereocenters. The summed E-state index contributed by atoms with van der Waals surface area (Å²) in [5, 5.41) is 0.236. The van der Waals surface area contributed by atoms with Crippen LogP contribution < -0.4 is 4.74 Å². The Morgan fingerprint density at radius 1 is 0.966 bits per heavy atom. The van der Waals surface area contributed by atoms with Crippen molar-refractivity contribution in [3.63, 3.8) is 0 Å². The van der Waals surface area contributed by atoms with E-state index in [1.807, 2.05) is 24.3 Å². The molecule has 4 nitrogen and oxygen atoms in total.